The van der Waals surface area contributed by atoms with Crippen molar-refractivity contribution in [3.8, 4) is 11.5 Å². The molecule has 8 nitrogen and oxygen atoms in total. The average molecular weight is 390 g/mol. The second-order valence-corrected chi connectivity index (χ2v) is 5.02. The number of rotatable bonds is 5. The quantitative estimate of drug-likeness (QED) is 0.767. The van der Waals surface area contributed by atoms with Crippen molar-refractivity contribution in [2.75, 3.05) is 21.3 Å². The van der Waals surface area contributed by atoms with Crippen LogP contribution in [0.25, 0.3) is 0 Å². The number of hydrogen-bond acceptors (Lipinski definition) is 7. The molecule has 1 rings (SSSR count). The van der Waals surface area contributed by atoms with E-state index in [1.54, 1.807) is 0 Å². The third kappa shape index (κ3) is 4.85. The van der Waals surface area contributed by atoms with Crippen molar-refractivity contribution in [1.82, 2.24) is 5.32 Å². The van der Waals surface area contributed by atoms with E-state index >= 15 is 0 Å². The molecule has 1 N–H and O–H groups in total. The topological polar surface area (TPSA) is 100 Å². The fraction of sp³-hybridized carbons (Fsp3) is 0.357. The van der Waals surface area contributed by atoms with E-state index in [1.165, 1.54) is 33.3 Å². The van der Waals surface area contributed by atoms with Gasteiger partial charge in [0.15, 0.2) is 6.10 Å². The molecule has 0 bridgehead atoms. The van der Waals surface area contributed by atoms with Crippen molar-refractivity contribution in [1.29, 1.82) is 0 Å². The molecule has 0 saturated heterocycles. The van der Waals surface area contributed by atoms with Crippen LogP contribution in [0.3, 0.4) is 0 Å². The Hall–Kier alpha value is -2.29. The van der Waals surface area contributed by atoms with Gasteiger partial charge in [-0.15, -0.1) is 0 Å². The van der Waals surface area contributed by atoms with Gasteiger partial charge in [-0.25, -0.2) is 9.59 Å². The SMILES string of the molecule is COC(=O)NC(=O)[C@H](C)OC(=O)c1cc(OC)c(Br)c(OC)c1. The van der Waals surface area contributed by atoms with Crippen molar-refractivity contribution in [3.63, 3.8) is 0 Å². The number of amides is 2. The molecular formula is C14H16BrNO7. The molecule has 2 amide bonds. The second kappa shape index (κ2) is 8.37. The predicted molar refractivity (Wildman–Crippen MR) is 82.7 cm³/mol. The Kier molecular flexibility index (Phi) is 6.83. The van der Waals surface area contributed by atoms with Crippen LogP contribution in [0.2, 0.25) is 0 Å². The Labute approximate surface area is 141 Å². The van der Waals surface area contributed by atoms with Gasteiger partial charge in [0.25, 0.3) is 5.91 Å². The third-order valence-electron chi connectivity index (χ3n) is 2.75. The summed E-state index contributed by atoms with van der Waals surface area (Å²) in [5.41, 5.74) is 0.125. The third-order valence-corrected chi connectivity index (χ3v) is 3.53. The van der Waals surface area contributed by atoms with E-state index in [0.29, 0.717) is 16.0 Å². The molecule has 0 saturated carbocycles. The maximum Gasteiger partial charge on any atom is 0.413 e. The van der Waals surface area contributed by atoms with Crippen LogP contribution >= 0.6 is 15.9 Å². The summed E-state index contributed by atoms with van der Waals surface area (Å²) >= 11 is 3.28. The number of carbonyl (C=O) groups is 3. The smallest absolute Gasteiger partial charge is 0.413 e. The van der Waals surface area contributed by atoms with Crippen molar-refractivity contribution in [2.24, 2.45) is 0 Å². The minimum absolute atomic E-state index is 0.125. The van der Waals surface area contributed by atoms with Crippen LogP contribution in [0.5, 0.6) is 11.5 Å². The fourth-order valence-corrected chi connectivity index (χ4v) is 2.08. The van der Waals surface area contributed by atoms with E-state index in [0.717, 1.165) is 7.11 Å². The van der Waals surface area contributed by atoms with E-state index in [4.69, 9.17) is 14.2 Å². The zero-order valence-electron chi connectivity index (χ0n) is 13.0. The molecule has 9 heteroatoms. The van der Waals surface area contributed by atoms with Crippen molar-refractivity contribution >= 4 is 33.9 Å². The molecule has 1 aromatic carbocycles. The van der Waals surface area contributed by atoms with E-state index in [1.807, 2.05) is 5.32 Å². The van der Waals surface area contributed by atoms with Crippen molar-refractivity contribution in [3.05, 3.63) is 22.2 Å². The first kappa shape index (κ1) is 18.8. The normalized spacial score (nSPS) is 11.2. The van der Waals surface area contributed by atoms with Gasteiger partial charge in [-0.1, -0.05) is 0 Å². The Balaban J connectivity index is 2.89. The Bertz CT molecular complexity index is 592. The summed E-state index contributed by atoms with van der Waals surface area (Å²) in [5, 5.41) is 1.91. The van der Waals surface area contributed by atoms with Crippen molar-refractivity contribution < 1.29 is 33.3 Å². The molecule has 0 radical (unpaired) electrons. The summed E-state index contributed by atoms with van der Waals surface area (Å²) in [7, 11) is 3.97. The zero-order valence-corrected chi connectivity index (χ0v) is 14.6. The highest BCUT2D eigenvalue weighted by Crippen LogP contribution is 2.35. The summed E-state index contributed by atoms with van der Waals surface area (Å²) in [4.78, 5) is 34.7. The number of carbonyl (C=O) groups excluding carboxylic acids is 3. The Morgan fingerprint density at radius 3 is 2.04 bits per heavy atom. The number of benzene rings is 1. The van der Waals surface area contributed by atoms with E-state index < -0.39 is 24.1 Å². The van der Waals surface area contributed by atoms with Crippen LogP contribution in [0.15, 0.2) is 16.6 Å². The lowest BCUT2D eigenvalue weighted by Crippen LogP contribution is -2.39. The number of nitrogens with one attached hydrogen (secondary N) is 1. The largest absolute Gasteiger partial charge is 0.495 e. The molecular weight excluding hydrogens is 374 g/mol. The van der Waals surface area contributed by atoms with Gasteiger partial charge < -0.3 is 18.9 Å². The molecule has 1 atom stereocenters. The van der Waals surface area contributed by atoms with Gasteiger partial charge in [0.2, 0.25) is 0 Å². The molecule has 23 heavy (non-hydrogen) atoms. The molecule has 1 aromatic rings. The lowest BCUT2D eigenvalue weighted by atomic mass is 10.2. The van der Waals surface area contributed by atoms with Gasteiger partial charge in [-0.2, -0.15) is 0 Å². The maximum atomic E-state index is 12.1. The van der Waals surface area contributed by atoms with Crippen LogP contribution in [0, 0.1) is 0 Å². The summed E-state index contributed by atoms with van der Waals surface area (Å²) < 4.78 is 20.1. The number of halogens is 1. The second-order valence-electron chi connectivity index (χ2n) is 4.22. The number of hydrogen-bond donors (Lipinski definition) is 1. The molecule has 126 valence electrons. The highest BCUT2D eigenvalue weighted by atomic mass is 79.9. The van der Waals surface area contributed by atoms with Gasteiger partial charge in [0.05, 0.1) is 26.9 Å². The molecule has 0 unspecified atom stereocenters. The molecule has 0 fully saturated rings. The fourth-order valence-electron chi connectivity index (χ4n) is 1.52. The number of esters is 1. The number of ether oxygens (including phenoxy) is 4. The number of imide groups is 1. The van der Waals surface area contributed by atoms with Gasteiger partial charge in [0, 0.05) is 0 Å². The number of alkyl carbamates (subject to hydrolysis) is 1. The minimum atomic E-state index is -1.19. The molecule has 0 aliphatic carbocycles. The van der Waals surface area contributed by atoms with Crippen molar-refractivity contribution in [2.45, 2.75) is 13.0 Å². The molecule has 0 aliphatic rings. The minimum Gasteiger partial charge on any atom is -0.495 e. The van der Waals surface area contributed by atoms with Crippen LogP contribution in [0.1, 0.15) is 17.3 Å². The summed E-state index contributed by atoms with van der Waals surface area (Å²) in [5.74, 6) is -0.853. The summed E-state index contributed by atoms with van der Waals surface area (Å²) in [6.45, 7) is 1.32. The van der Waals surface area contributed by atoms with E-state index in [9.17, 15) is 14.4 Å². The first-order chi connectivity index (χ1) is 10.8. The molecule has 0 aromatic heterocycles. The number of methoxy groups -OCH3 is 3. The van der Waals surface area contributed by atoms with Crippen LogP contribution in [-0.4, -0.2) is 45.4 Å². The Morgan fingerprint density at radius 1 is 1.09 bits per heavy atom. The predicted octanol–water partition coefficient (Wildman–Crippen LogP) is 1.89. The molecule has 0 heterocycles. The first-order valence-electron chi connectivity index (χ1n) is 6.35. The monoisotopic (exact) mass is 389 g/mol. The lowest BCUT2D eigenvalue weighted by Gasteiger charge is -2.14. The lowest BCUT2D eigenvalue weighted by molar-refractivity contribution is -0.128. The van der Waals surface area contributed by atoms with Gasteiger partial charge in [-0.3, -0.25) is 10.1 Å². The highest BCUT2D eigenvalue weighted by Gasteiger charge is 2.22. The average Bonchev–Trinajstić information content (AvgIpc) is 2.54. The Morgan fingerprint density at radius 2 is 1.61 bits per heavy atom. The summed E-state index contributed by atoms with van der Waals surface area (Å²) in [6.07, 6.45) is -2.13. The van der Waals surface area contributed by atoms with Crippen LogP contribution < -0.4 is 14.8 Å². The highest BCUT2D eigenvalue weighted by molar-refractivity contribution is 9.10. The van der Waals surface area contributed by atoms with E-state index in [-0.39, 0.29) is 5.56 Å². The van der Waals surface area contributed by atoms with Gasteiger partial charge >= 0.3 is 12.1 Å². The molecule has 0 aliphatic heterocycles. The maximum absolute atomic E-state index is 12.1. The molecule has 0 spiro atoms. The van der Waals surface area contributed by atoms with E-state index in [2.05, 4.69) is 20.7 Å². The zero-order chi connectivity index (χ0) is 17.6. The first-order valence-corrected chi connectivity index (χ1v) is 7.14. The van der Waals surface area contributed by atoms with Crippen LogP contribution in [-0.2, 0) is 14.3 Å². The van der Waals surface area contributed by atoms with Gasteiger partial charge in [-0.05, 0) is 35.0 Å². The standard InChI is InChI=1S/C14H16BrNO7/c1-7(12(17)16-14(19)22-4)23-13(18)8-5-9(20-2)11(15)10(6-8)21-3/h5-7H,1-4H3,(H,16,17,19)/t7-/m0/s1. The van der Waals surface area contributed by atoms with Crippen LogP contribution in [0.4, 0.5) is 4.79 Å². The van der Waals surface area contributed by atoms with Gasteiger partial charge in [0.1, 0.15) is 16.0 Å². The summed E-state index contributed by atoms with van der Waals surface area (Å²) in [6, 6.07) is 2.86.